The second kappa shape index (κ2) is 27.8. The minimum atomic E-state index is 0.806. The van der Waals surface area contributed by atoms with Gasteiger partial charge in [0.2, 0.25) is 11.4 Å². The van der Waals surface area contributed by atoms with Crippen molar-refractivity contribution in [3.8, 4) is 47.4 Å². The number of hydrogen-bond donors (Lipinski definition) is 0. The number of rotatable bonds is 16. The number of allylic oxidation sites excluding steroid dienone is 2. The maximum atomic E-state index is 12.2. The van der Waals surface area contributed by atoms with Gasteiger partial charge in [-0.3, -0.25) is 0 Å². The van der Waals surface area contributed by atoms with Crippen molar-refractivity contribution in [3.05, 3.63) is 86.5 Å². The van der Waals surface area contributed by atoms with Gasteiger partial charge in [-0.1, -0.05) is 121 Å². The molecule has 0 spiro atoms. The van der Waals surface area contributed by atoms with Crippen molar-refractivity contribution in [2.24, 2.45) is 0 Å². The van der Waals surface area contributed by atoms with E-state index in [-0.39, 0.29) is 0 Å². The fraction of sp³-hybridized carbons (Fsp3) is 0.520. The van der Waals surface area contributed by atoms with Crippen LogP contribution in [0.3, 0.4) is 0 Å². The van der Waals surface area contributed by atoms with Crippen LogP contribution in [0.2, 0.25) is 10.8 Å². The minimum absolute atomic E-state index is 0.806. The molecular formula is C50H66N2Ni. The molecular weight excluding hydrogens is 687 g/mol. The Morgan fingerprint density at radius 1 is 0.491 bits per heavy atom. The van der Waals surface area contributed by atoms with Gasteiger partial charge in [0.15, 0.2) is 0 Å². The van der Waals surface area contributed by atoms with E-state index in [1.165, 1.54) is 21.1 Å². The van der Waals surface area contributed by atoms with Gasteiger partial charge in [0.25, 0.3) is 0 Å². The molecule has 3 rings (SSSR count). The zero-order chi connectivity index (χ0) is 38.7. The van der Waals surface area contributed by atoms with Gasteiger partial charge < -0.3 is 5.53 Å². The molecule has 286 valence electrons. The van der Waals surface area contributed by atoms with Crippen LogP contribution in [0.1, 0.15) is 192 Å². The average molecular weight is 754 g/mol. The first kappa shape index (κ1) is 45.4. The Bertz CT molecular complexity index is 1680. The van der Waals surface area contributed by atoms with Crippen molar-refractivity contribution in [3.63, 3.8) is 0 Å². The molecule has 1 heterocycles. The molecule has 1 aliphatic rings. The van der Waals surface area contributed by atoms with E-state index in [1.807, 2.05) is 14.4 Å². The van der Waals surface area contributed by atoms with Crippen LogP contribution in [0.5, 0.6) is 0 Å². The van der Waals surface area contributed by atoms with Crippen LogP contribution in [0.15, 0.2) is 47.5 Å². The molecule has 0 radical (unpaired) electrons. The van der Waals surface area contributed by atoms with E-state index in [0.717, 1.165) is 153 Å². The van der Waals surface area contributed by atoms with Gasteiger partial charge >= 0.3 is 39.1 Å². The summed E-state index contributed by atoms with van der Waals surface area (Å²) in [5.74, 6) is 27.1. The summed E-state index contributed by atoms with van der Waals surface area (Å²) in [4.78, 5) is 0. The molecule has 0 saturated heterocycles. The molecule has 0 amide bonds. The van der Waals surface area contributed by atoms with E-state index in [9.17, 15) is 5.53 Å². The van der Waals surface area contributed by atoms with E-state index >= 15 is 0 Å². The predicted octanol–water partition coefficient (Wildman–Crippen LogP) is 14.6. The van der Waals surface area contributed by atoms with Crippen LogP contribution in [-0.4, -0.2) is 4.70 Å². The number of hydrogen-bond acceptors (Lipinski definition) is 0. The van der Waals surface area contributed by atoms with Crippen molar-refractivity contribution < 1.29 is 19.1 Å². The molecule has 0 N–H and O–H groups in total. The van der Waals surface area contributed by atoms with Crippen molar-refractivity contribution in [2.75, 3.05) is 0 Å². The third-order valence-corrected chi connectivity index (χ3v) is 9.82. The summed E-state index contributed by atoms with van der Waals surface area (Å²) < 4.78 is 1.42. The van der Waals surface area contributed by atoms with E-state index in [2.05, 4.69) is 139 Å². The Morgan fingerprint density at radius 3 is 1.17 bits per heavy atom. The van der Waals surface area contributed by atoms with Gasteiger partial charge in [-0.25, -0.2) is 4.70 Å². The molecule has 0 fully saturated rings. The van der Waals surface area contributed by atoms with Crippen molar-refractivity contribution in [2.45, 2.75) is 169 Å². The number of benzene rings is 2. The van der Waals surface area contributed by atoms with E-state index in [1.54, 1.807) is 0 Å². The second-order valence-corrected chi connectivity index (χ2v) is 15.3. The molecule has 3 heteroatoms. The summed E-state index contributed by atoms with van der Waals surface area (Å²) >= 11 is 1.82. The molecule has 2 nitrogen and oxygen atoms in total. The Kier molecular flexibility index (Phi) is 23.8. The summed E-state index contributed by atoms with van der Waals surface area (Å²) in [6.07, 6.45) is 16.6. The Balaban J connectivity index is 0.00000181. The first-order valence-electron chi connectivity index (χ1n) is 20.5. The molecule has 2 aromatic carbocycles. The van der Waals surface area contributed by atoms with Crippen LogP contribution in [0.25, 0.3) is 16.9 Å². The first-order chi connectivity index (χ1) is 25.9. The summed E-state index contributed by atoms with van der Waals surface area (Å²) in [6, 6.07) is 12.7. The second-order valence-electron chi connectivity index (χ2n) is 13.4. The first-order valence-corrected chi connectivity index (χ1v) is 21.9. The standard InChI is InChI=1S/C46H56N2.2C2H5.Ni/c1-7-12-17-22-26-38-31-39(27-23-18-13-8-2)34-42(33-38)45-37(6)44(30-21-16-11-5)46(48(45)47)43-35-40(28-24-19-14-9-3)32-41(36-43)29-25-20-15-10-4;2*1-2;/h31-36H,7-21,30H2,1-6H3;2*1H2,2H3;. The van der Waals surface area contributed by atoms with Gasteiger partial charge in [0, 0.05) is 70.2 Å². The fourth-order valence-corrected chi connectivity index (χ4v) is 6.40. The molecule has 0 atom stereocenters. The molecule has 2 aromatic rings. The Hall–Kier alpha value is -3.75. The molecule has 0 saturated carbocycles. The van der Waals surface area contributed by atoms with Gasteiger partial charge in [0.1, 0.15) is 0 Å². The van der Waals surface area contributed by atoms with Crippen LogP contribution < -0.4 is 0 Å². The summed E-state index contributed by atoms with van der Waals surface area (Å²) in [7, 11) is 0. The molecule has 0 unspecified atom stereocenters. The van der Waals surface area contributed by atoms with Crippen molar-refractivity contribution in [1.29, 1.82) is 0 Å². The Labute approximate surface area is 331 Å². The van der Waals surface area contributed by atoms with Gasteiger partial charge in [0.05, 0.1) is 0 Å². The molecule has 0 bridgehead atoms. The number of unbranched alkanes of at least 4 members (excludes halogenated alkanes) is 10. The quantitative estimate of drug-likeness (QED) is 0.0706. The predicted molar refractivity (Wildman–Crippen MR) is 227 cm³/mol. The zero-order valence-electron chi connectivity index (χ0n) is 34.4. The van der Waals surface area contributed by atoms with Crippen LogP contribution in [0.4, 0.5) is 0 Å². The normalized spacial score (nSPS) is 11.8. The Morgan fingerprint density at radius 2 is 0.849 bits per heavy atom. The van der Waals surface area contributed by atoms with Crippen molar-refractivity contribution in [1.82, 2.24) is 0 Å². The van der Waals surface area contributed by atoms with Crippen LogP contribution in [0, 0.1) is 47.4 Å². The van der Waals surface area contributed by atoms with Gasteiger partial charge in [-0.2, -0.15) is 0 Å². The molecule has 1 aliphatic heterocycles. The van der Waals surface area contributed by atoms with Gasteiger partial charge in [-0.15, -0.1) is 0 Å². The topological polar surface area (TPSA) is 25.3 Å². The van der Waals surface area contributed by atoms with Crippen LogP contribution >= 0.6 is 0 Å². The van der Waals surface area contributed by atoms with E-state index in [0.29, 0.717) is 0 Å². The van der Waals surface area contributed by atoms with Crippen LogP contribution in [-0.2, 0) is 14.4 Å². The van der Waals surface area contributed by atoms with Gasteiger partial charge in [-0.05, 0) is 81.8 Å². The summed E-state index contributed by atoms with van der Waals surface area (Å²) in [5, 5.41) is 2.56. The average Bonchev–Trinajstić information content (AvgIpc) is 3.41. The van der Waals surface area contributed by atoms with Crippen molar-refractivity contribution >= 4 is 11.4 Å². The SMILES string of the molecule is CCCCC#Cc1cc(C#CCCCC)cc(C2=C(C)C(CCCCC)=C(c3cc(C#CCCCC)cc(C#CCCCC)c3)[N+]2=[N-])c1.C[CH2][Ni][CH2]C. The number of nitrogens with zero attached hydrogens (tertiary/aromatic N) is 2. The van der Waals surface area contributed by atoms with E-state index < -0.39 is 0 Å². The molecule has 0 aliphatic carbocycles. The third kappa shape index (κ3) is 16.4. The third-order valence-electron chi connectivity index (χ3n) is 8.83. The summed E-state index contributed by atoms with van der Waals surface area (Å²) in [5.41, 5.74) is 21.7. The molecule has 0 aromatic heterocycles. The fourth-order valence-electron chi connectivity index (χ4n) is 5.91. The summed E-state index contributed by atoms with van der Waals surface area (Å²) in [6.45, 7) is 17.5. The monoisotopic (exact) mass is 752 g/mol. The van der Waals surface area contributed by atoms with E-state index in [4.69, 9.17) is 0 Å². The zero-order valence-corrected chi connectivity index (χ0v) is 35.4. The molecule has 53 heavy (non-hydrogen) atoms. The maximum absolute atomic E-state index is 12.2.